The summed E-state index contributed by atoms with van der Waals surface area (Å²) in [6, 6.07) is 6.52. The molecule has 0 saturated heterocycles. The number of aromatic nitrogens is 3. The number of hydrogen-bond donors (Lipinski definition) is 2. The second-order valence-electron chi connectivity index (χ2n) is 7.99. The van der Waals surface area contributed by atoms with Crippen molar-refractivity contribution < 1.29 is 0 Å². The van der Waals surface area contributed by atoms with Gasteiger partial charge >= 0.3 is 0 Å². The van der Waals surface area contributed by atoms with Gasteiger partial charge in [0, 0.05) is 31.7 Å². The lowest BCUT2D eigenvalue weighted by molar-refractivity contribution is 0.216. The molecule has 1 aliphatic carbocycles. The molecular formula is C20H33IN6. The van der Waals surface area contributed by atoms with Gasteiger partial charge in [-0.3, -0.25) is 9.39 Å². The molecule has 7 heteroatoms. The predicted octanol–water partition coefficient (Wildman–Crippen LogP) is 3.80. The second-order valence-corrected chi connectivity index (χ2v) is 7.99. The first kappa shape index (κ1) is 21.9. The summed E-state index contributed by atoms with van der Waals surface area (Å²) in [7, 11) is 0. The number of guanidine groups is 1. The summed E-state index contributed by atoms with van der Waals surface area (Å²) in [6.07, 6.45) is 8.88. The number of nitrogens with one attached hydrogen (secondary N) is 2. The Morgan fingerprint density at radius 3 is 2.78 bits per heavy atom. The van der Waals surface area contributed by atoms with Gasteiger partial charge in [-0.15, -0.1) is 34.2 Å². The number of pyridine rings is 1. The van der Waals surface area contributed by atoms with E-state index >= 15 is 0 Å². The van der Waals surface area contributed by atoms with Crippen molar-refractivity contribution in [3.05, 3.63) is 30.2 Å². The number of fused-ring (bicyclic) bond motifs is 1. The Labute approximate surface area is 179 Å². The molecule has 2 aromatic heterocycles. The van der Waals surface area contributed by atoms with Crippen molar-refractivity contribution in [2.24, 2.45) is 10.4 Å². The molecule has 0 radical (unpaired) electrons. The molecule has 3 rings (SSSR count). The summed E-state index contributed by atoms with van der Waals surface area (Å²) in [5, 5.41) is 15.5. The highest BCUT2D eigenvalue weighted by atomic mass is 127. The minimum Gasteiger partial charge on any atom is -0.357 e. The third-order valence-corrected chi connectivity index (χ3v) is 5.24. The lowest BCUT2D eigenvalue weighted by atomic mass is 9.75. The number of hydrogen-bond acceptors (Lipinski definition) is 3. The summed E-state index contributed by atoms with van der Waals surface area (Å²) in [4.78, 5) is 4.76. The van der Waals surface area contributed by atoms with Crippen LogP contribution in [-0.2, 0) is 6.42 Å². The minimum absolute atomic E-state index is 0. The molecule has 2 aromatic rings. The highest BCUT2D eigenvalue weighted by Gasteiger charge is 2.27. The van der Waals surface area contributed by atoms with Gasteiger partial charge in [0.05, 0.1) is 0 Å². The van der Waals surface area contributed by atoms with Crippen molar-refractivity contribution in [2.75, 3.05) is 13.1 Å². The van der Waals surface area contributed by atoms with Crippen molar-refractivity contribution in [2.45, 2.75) is 65.3 Å². The van der Waals surface area contributed by atoms with Gasteiger partial charge in [0.2, 0.25) is 0 Å². The van der Waals surface area contributed by atoms with Gasteiger partial charge in [-0.05, 0) is 56.6 Å². The Morgan fingerprint density at radius 2 is 2.04 bits per heavy atom. The van der Waals surface area contributed by atoms with Crippen LogP contribution in [0.5, 0.6) is 0 Å². The van der Waals surface area contributed by atoms with Crippen LogP contribution in [0, 0.1) is 5.41 Å². The van der Waals surface area contributed by atoms with Crippen molar-refractivity contribution in [1.29, 1.82) is 0 Å². The first-order chi connectivity index (χ1) is 12.6. The zero-order valence-corrected chi connectivity index (χ0v) is 19.1. The van der Waals surface area contributed by atoms with Crippen LogP contribution in [0.1, 0.15) is 58.7 Å². The van der Waals surface area contributed by atoms with Crippen LogP contribution in [0.3, 0.4) is 0 Å². The summed E-state index contributed by atoms with van der Waals surface area (Å²) in [6.45, 7) is 8.53. The normalized spacial score (nSPS) is 17.5. The molecule has 0 amide bonds. The van der Waals surface area contributed by atoms with E-state index in [1.54, 1.807) is 0 Å². The van der Waals surface area contributed by atoms with Crippen LogP contribution >= 0.6 is 24.0 Å². The van der Waals surface area contributed by atoms with Crippen LogP contribution in [0.25, 0.3) is 5.65 Å². The first-order valence-electron chi connectivity index (χ1n) is 9.91. The molecule has 2 heterocycles. The molecule has 150 valence electrons. The number of rotatable bonds is 6. The molecule has 2 N–H and O–H groups in total. The average Bonchev–Trinajstić information content (AvgIpc) is 3.04. The topological polar surface area (TPSA) is 66.6 Å². The second kappa shape index (κ2) is 10.2. The SMILES string of the molecule is CCNC(=NCCCc1nnc2ccccn12)NC1CCC(C)(C)CC1.I. The van der Waals surface area contributed by atoms with E-state index in [2.05, 4.69) is 46.0 Å². The number of aryl methyl sites for hydroxylation is 1. The molecule has 0 aliphatic heterocycles. The minimum atomic E-state index is 0. The van der Waals surface area contributed by atoms with Crippen LogP contribution < -0.4 is 10.6 Å². The van der Waals surface area contributed by atoms with E-state index in [4.69, 9.17) is 4.99 Å². The van der Waals surface area contributed by atoms with E-state index in [9.17, 15) is 0 Å². The fraction of sp³-hybridized carbons (Fsp3) is 0.650. The van der Waals surface area contributed by atoms with Crippen LogP contribution in [-0.4, -0.2) is 39.7 Å². The van der Waals surface area contributed by atoms with Gasteiger partial charge in [-0.2, -0.15) is 0 Å². The molecule has 1 fully saturated rings. The maximum Gasteiger partial charge on any atom is 0.191 e. The Bertz CT molecular complexity index is 729. The molecule has 0 aromatic carbocycles. The van der Waals surface area contributed by atoms with Crippen molar-refractivity contribution in [3.63, 3.8) is 0 Å². The van der Waals surface area contributed by atoms with Crippen molar-refractivity contribution in [1.82, 2.24) is 25.2 Å². The number of halogens is 1. The van der Waals surface area contributed by atoms with Gasteiger partial charge in [0.1, 0.15) is 5.82 Å². The Hall–Kier alpha value is -1.38. The number of nitrogens with zero attached hydrogens (tertiary/aromatic N) is 4. The van der Waals surface area contributed by atoms with E-state index in [0.29, 0.717) is 11.5 Å². The van der Waals surface area contributed by atoms with Crippen LogP contribution in [0.4, 0.5) is 0 Å². The Balaban J connectivity index is 0.00000261. The highest BCUT2D eigenvalue weighted by molar-refractivity contribution is 14.0. The van der Waals surface area contributed by atoms with E-state index in [1.165, 1.54) is 25.7 Å². The van der Waals surface area contributed by atoms with E-state index in [1.807, 2.05) is 24.4 Å². The van der Waals surface area contributed by atoms with Gasteiger partial charge in [0.15, 0.2) is 11.6 Å². The van der Waals surface area contributed by atoms with E-state index < -0.39 is 0 Å². The maximum absolute atomic E-state index is 4.76. The third kappa shape index (κ3) is 6.33. The fourth-order valence-corrected chi connectivity index (χ4v) is 3.55. The highest BCUT2D eigenvalue weighted by Crippen LogP contribution is 2.34. The number of aliphatic imine (C=N–C) groups is 1. The Kier molecular flexibility index (Phi) is 8.31. The predicted molar refractivity (Wildman–Crippen MR) is 122 cm³/mol. The lowest BCUT2D eigenvalue weighted by Gasteiger charge is -2.35. The fourth-order valence-electron chi connectivity index (χ4n) is 3.55. The quantitative estimate of drug-likeness (QED) is 0.283. The zero-order valence-electron chi connectivity index (χ0n) is 16.7. The summed E-state index contributed by atoms with van der Waals surface area (Å²) >= 11 is 0. The molecule has 6 nitrogen and oxygen atoms in total. The zero-order chi connectivity index (χ0) is 18.4. The van der Waals surface area contributed by atoms with Gasteiger partial charge in [0.25, 0.3) is 0 Å². The van der Waals surface area contributed by atoms with E-state index in [-0.39, 0.29) is 24.0 Å². The molecular weight excluding hydrogens is 451 g/mol. The Morgan fingerprint density at radius 1 is 1.26 bits per heavy atom. The van der Waals surface area contributed by atoms with Gasteiger partial charge < -0.3 is 10.6 Å². The summed E-state index contributed by atoms with van der Waals surface area (Å²) in [5.41, 5.74) is 1.40. The van der Waals surface area contributed by atoms with Crippen molar-refractivity contribution in [3.8, 4) is 0 Å². The molecule has 0 unspecified atom stereocenters. The largest absolute Gasteiger partial charge is 0.357 e. The molecule has 27 heavy (non-hydrogen) atoms. The van der Waals surface area contributed by atoms with Gasteiger partial charge in [-0.1, -0.05) is 19.9 Å². The summed E-state index contributed by atoms with van der Waals surface area (Å²) < 4.78 is 2.05. The standard InChI is InChI=1S/C20H32N6.HI/c1-4-21-19(23-16-10-12-20(2,3)13-11-16)22-14-7-9-18-25-24-17-8-5-6-15-26(17)18;/h5-6,8,15-16H,4,7,9-14H2,1-3H3,(H2,21,22,23);1H. The van der Waals surface area contributed by atoms with Crippen molar-refractivity contribution >= 4 is 35.6 Å². The lowest BCUT2D eigenvalue weighted by Crippen LogP contribution is -2.45. The van der Waals surface area contributed by atoms with E-state index in [0.717, 1.165) is 43.4 Å². The first-order valence-corrected chi connectivity index (χ1v) is 9.91. The average molecular weight is 484 g/mol. The summed E-state index contributed by atoms with van der Waals surface area (Å²) in [5.74, 6) is 1.95. The smallest absolute Gasteiger partial charge is 0.191 e. The monoisotopic (exact) mass is 484 g/mol. The molecule has 1 aliphatic rings. The van der Waals surface area contributed by atoms with Crippen LogP contribution in [0.2, 0.25) is 0 Å². The maximum atomic E-state index is 4.76. The molecule has 0 bridgehead atoms. The molecule has 0 spiro atoms. The molecule has 1 saturated carbocycles. The van der Waals surface area contributed by atoms with Gasteiger partial charge in [-0.25, -0.2) is 0 Å². The van der Waals surface area contributed by atoms with Crippen LogP contribution in [0.15, 0.2) is 29.4 Å². The third-order valence-electron chi connectivity index (χ3n) is 5.24. The molecule has 0 atom stereocenters.